The lowest BCUT2D eigenvalue weighted by Crippen LogP contribution is -2.28. The number of nitrogens with two attached hydrogens (primary N) is 1. The van der Waals surface area contributed by atoms with Crippen LogP contribution in [0.5, 0.6) is 5.88 Å². The van der Waals surface area contributed by atoms with Gasteiger partial charge in [0.05, 0.1) is 5.69 Å². The molecule has 0 saturated carbocycles. The number of likely N-dealkylation sites (N-methyl/N-ethyl adjacent to an activating group) is 1. The van der Waals surface area contributed by atoms with E-state index in [1.165, 1.54) is 0 Å². The van der Waals surface area contributed by atoms with Gasteiger partial charge in [0, 0.05) is 12.7 Å². The van der Waals surface area contributed by atoms with E-state index in [1.54, 1.807) is 6.20 Å². The average molecular weight is 223 g/mol. The van der Waals surface area contributed by atoms with Crippen molar-refractivity contribution in [3.63, 3.8) is 0 Å². The fourth-order valence-corrected chi connectivity index (χ4v) is 1.51. The Kier molecular flexibility index (Phi) is 5.05. The summed E-state index contributed by atoms with van der Waals surface area (Å²) in [7, 11) is 0. The van der Waals surface area contributed by atoms with Gasteiger partial charge in [-0.1, -0.05) is 13.8 Å². The number of rotatable bonds is 6. The monoisotopic (exact) mass is 223 g/mol. The Labute approximate surface area is 97.4 Å². The molecule has 0 bridgehead atoms. The summed E-state index contributed by atoms with van der Waals surface area (Å²) in [6, 6.07) is 1.87. The molecule has 0 unspecified atom stereocenters. The molecule has 1 rings (SSSR count). The summed E-state index contributed by atoms with van der Waals surface area (Å²) in [5.74, 6) is 0.540. The first-order valence-electron chi connectivity index (χ1n) is 5.74. The molecule has 1 aromatic rings. The molecule has 0 aliphatic carbocycles. The molecule has 0 aromatic carbocycles. The van der Waals surface area contributed by atoms with E-state index in [4.69, 9.17) is 10.5 Å². The number of nitrogen functional groups attached to an aromatic ring is 1. The SMILES string of the molecule is CCN(CC)CCOc1ncc(C)cc1N. The van der Waals surface area contributed by atoms with Gasteiger partial charge >= 0.3 is 0 Å². The second-order valence-electron chi connectivity index (χ2n) is 3.78. The first-order valence-corrected chi connectivity index (χ1v) is 5.74. The number of hydrogen-bond acceptors (Lipinski definition) is 4. The molecular formula is C12H21N3O. The Morgan fingerprint density at radius 2 is 2.06 bits per heavy atom. The quantitative estimate of drug-likeness (QED) is 0.797. The Morgan fingerprint density at radius 3 is 2.62 bits per heavy atom. The minimum Gasteiger partial charge on any atom is -0.475 e. The van der Waals surface area contributed by atoms with Crippen LogP contribution in [0.1, 0.15) is 19.4 Å². The van der Waals surface area contributed by atoms with Crippen LogP contribution in [0.4, 0.5) is 5.69 Å². The van der Waals surface area contributed by atoms with E-state index in [1.807, 2.05) is 13.0 Å². The molecule has 0 amide bonds. The molecule has 0 atom stereocenters. The van der Waals surface area contributed by atoms with Crippen LogP contribution in [0, 0.1) is 6.92 Å². The van der Waals surface area contributed by atoms with Crippen molar-refractivity contribution in [3.8, 4) is 5.88 Å². The second kappa shape index (κ2) is 6.33. The van der Waals surface area contributed by atoms with Crippen molar-refractivity contribution < 1.29 is 4.74 Å². The second-order valence-corrected chi connectivity index (χ2v) is 3.78. The van der Waals surface area contributed by atoms with Crippen molar-refractivity contribution in [2.24, 2.45) is 0 Å². The average Bonchev–Trinajstić information content (AvgIpc) is 2.27. The minimum atomic E-state index is 0.540. The van der Waals surface area contributed by atoms with Crippen LogP contribution < -0.4 is 10.5 Å². The Hall–Kier alpha value is -1.29. The van der Waals surface area contributed by atoms with E-state index < -0.39 is 0 Å². The van der Waals surface area contributed by atoms with Gasteiger partial charge in [-0.3, -0.25) is 0 Å². The molecule has 0 fully saturated rings. The van der Waals surface area contributed by atoms with E-state index in [-0.39, 0.29) is 0 Å². The van der Waals surface area contributed by atoms with Crippen LogP contribution in [0.25, 0.3) is 0 Å². The first kappa shape index (κ1) is 12.8. The molecule has 0 radical (unpaired) electrons. The summed E-state index contributed by atoms with van der Waals surface area (Å²) < 4.78 is 5.55. The van der Waals surface area contributed by atoms with Gasteiger partial charge in [-0.15, -0.1) is 0 Å². The number of pyridine rings is 1. The van der Waals surface area contributed by atoms with Crippen molar-refractivity contribution in [1.29, 1.82) is 0 Å². The maximum absolute atomic E-state index is 5.80. The van der Waals surface area contributed by atoms with Crippen LogP contribution in [0.2, 0.25) is 0 Å². The molecule has 1 aromatic heterocycles. The fourth-order valence-electron chi connectivity index (χ4n) is 1.51. The van der Waals surface area contributed by atoms with Gasteiger partial charge in [-0.25, -0.2) is 4.98 Å². The van der Waals surface area contributed by atoms with Crippen molar-refractivity contribution >= 4 is 5.69 Å². The predicted octanol–water partition coefficient (Wildman–Crippen LogP) is 1.69. The van der Waals surface area contributed by atoms with Crippen molar-refractivity contribution in [2.75, 3.05) is 32.0 Å². The molecule has 0 saturated heterocycles. The highest BCUT2D eigenvalue weighted by molar-refractivity contribution is 5.49. The van der Waals surface area contributed by atoms with Gasteiger partial charge in [0.1, 0.15) is 6.61 Å². The van der Waals surface area contributed by atoms with Crippen molar-refractivity contribution in [1.82, 2.24) is 9.88 Å². The smallest absolute Gasteiger partial charge is 0.237 e. The zero-order valence-corrected chi connectivity index (χ0v) is 10.4. The summed E-state index contributed by atoms with van der Waals surface area (Å²) in [5, 5.41) is 0. The summed E-state index contributed by atoms with van der Waals surface area (Å²) >= 11 is 0. The predicted molar refractivity (Wildman–Crippen MR) is 66.7 cm³/mol. The number of aryl methyl sites for hydroxylation is 1. The minimum absolute atomic E-state index is 0.540. The summed E-state index contributed by atoms with van der Waals surface area (Å²) in [4.78, 5) is 6.46. The third-order valence-corrected chi connectivity index (χ3v) is 2.56. The van der Waals surface area contributed by atoms with Gasteiger partial charge in [0.25, 0.3) is 0 Å². The van der Waals surface area contributed by atoms with Gasteiger partial charge in [-0.2, -0.15) is 0 Å². The largest absolute Gasteiger partial charge is 0.475 e. The van der Waals surface area contributed by atoms with Gasteiger partial charge in [-0.05, 0) is 31.6 Å². The zero-order valence-electron chi connectivity index (χ0n) is 10.4. The molecule has 2 N–H and O–H groups in total. The highest BCUT2D eigenvalue weighted by Crippen LogP contribution is 2.18. The van der Waals surface area contributed by atoms with Crippen LogP contribution in [0.15, 0.2) is 12.3 Å². The lowest BCUT2D eigenvalue weighted by atomic mass is 10.3. The van der Waals surface area contributed by atoms with Crippen molar-refractivity contribution in [2.45, 2.75) is 20.8 Å². The molecule has 0 aliphatic heterocycles. The Morgan fingerprint density at radius 1 is 1.38 bits per heavy atom. The normalized spacial score (nSPS) is 10.8. The lowest BCUT2D eigenvalue weighted by molar-refractivity contribution is 0.218. The Balaban J connectivity index is 2.42. The first-order chi connectivity index (χ1) is 7.67. The summed E-state index contributed by atoms with van der Waals surface area (Å²) in [6.07, 6.45) is 1.77. The van der Waals surface area contributed by atoms with Crippen molar-refractivity contribution in [3.05, 3.63) is 17.8 Å². The van der Waals surface area contributed by atoms with Crippen LogP contribution >= 0.6 is 0 Å². The third-order valence-electron chi connectivity index (χ3n) is 2.56. The number of ether oxygens (including phenoxy) is 1. The molecule has 0 spiro atoms. The number of nitrogens with zero attached hydrogens (tertiary/aromatic N) is 2. The number of hydrogen-bond donors (Lipinski definition) is 1. The standard InChI is InChI=1S/C12H21N3O/c1-4-15(5-2)6-7-16-12-11(13)8-10(3)9-14-12/h8-9H,4-7,13H2,1-3H3. The van der Waals surface area contributed by atoms with E-state index >= 15 is 0 Å². The van der Waals surface area contributed by atoms with Gasteiger partial charge < -0.3 is 15.4 Å². The highest BCUT2D eigenvalue weighted by Gasteiger charge is 2.03. The molecule has 1 heterocycles. The van der Waals surface area contributed by atoms with E-state index in [0.29, 0.717) is 18.2 Å². The molecular weight excluding hydrogens is 202 g/mol. The van der Waals surface area contributed by atoms with E-state index in [2.05, 4.69) is 23.7 Å². The molecule has 16 heavy (non-hydrogen) atoms. The van der Waals surface area contributed by atoms with E-state index in [9.17, 15) is 0 Å². The number of aromatic nitrogens is 1. The lowest BCUT2D eigenvalue weighted by Gasteiger charge is -2.18. The maximum atomic E-state index is 5.80. The topological polar surface area (TPSA) is 51.4 Å². The highest BCUT2D eigenvalue weighted by atomic mass is 16.5. The van der Waals surface area contributed by atoms with Crippen LogP contribution in [-0.2, 0) is 0 Å². The number of anilines is 1. The molecule has 4 heteroatoms. The zero-order chi connectivity index (χ0) is 12.0. The van der Waals surface area contributed by atoms with Crippen LogP contribution in [-0.4, -0.2) is 36.1 Å². The summed E-state index contributed by atoms with van der Waals surface area (Å²) in [6.45, 7) is 9.85. The fraction of sp³-hybridized carbons (Fsp3) is 0.583. The molecule has 0 aliphatic rings. The third kappa shape index (κ3) is 3.70. The summed E-state index contributed by atoms with van der Waals surface area (Å²) in [5.41, 5.74) is 7.46. The van der Waals surface area contributed by atoms with Crippen LogP contribution in [0.3, 0.4) is 0 Å². The molecule has 4 nitrogen and oxygen atoms in total. The van der Waals surface area contributed by atoms with Gasteiger partial charge in [0.15, 0.2) is 0 Å². The van der Waals surface area contributed by atoms with Gasteiger partial charge in [0.2, 0.25) is 5.88 Å². The molecule has 90 valence electrons. The van der Waals surface area contributed by atoms with E-state index in [0.717, 1.165) is 25.2 Å². The Bertz CT molecular complexity index is 324. The maximum Gasteiger partial charge on any atom is 0.237 e.